The molecule has 37 valence electrons. The molecule has 0 bridgehead atoms. The first kappa shape index (κ1) is 4.18. The topological polar surface area (TPSA) is 30.8 Å². The minimum atomic E-state index is 0.420. The molecule has 0 spiro atoms. The van der Waals surface area contributed by atoms with Crippen LogP contribution in [0.1, 0.15) is 0 Å². The van der Waals surface area contributed by atoms with Gasteiger partial charge in [-0.2, -0.15) is 0 Å². The smallest absolute Gasteiger partial charge is 0.213 e. The van der Waals surface area contributed by atoms with E-state index in [0.717, 1.165) is 0 Å². The van der Waals surface area contributed by atoms with Crippen molar-refractivity contribution in [2.24, 2.45) is 5.16 Å². The van der Waals surface area contributed by atoms with Gasteiger partial charge in [0, 0.05) is 6.08 Å². The summed E-state index contributed by atoms with van der Waals surface area (Å²) < 4.78 is 4.64. The molecular weight excluding hydrogens is 94.0 g/mol. The summed E-state index contributed by atoms with van der Waals surface area (Å²) in [5.74, 6) is 0. The van der Waals surface area contributed by atoms with Gasteiger partial charge in [0.25, 0.3) is 0 Å². The van der Waals surface area contributed by atoms with Crippen LogP contribution in [-0.4, -0.2) is 13.0 Å². The maximum atomic E-state index is 4.64. The Kier molecular flexibility index (Phi) is 1.33. The van der Waals surface area contributed by atoms with Crippen LogP contribution in [0, 0.1) is 6.08 Å². The molecule has 1 aliphatic rings. The number of rotatable bonds is 0. The Morgan fingerprint density at radius 2 is 2.71 bits per heavy atom. The summed E-state index contributed by atoms with van der Waals surface area (Å²) in [5.41, 5.74) is 0. The average molecular weight is 98.1 g/mol. The van der Waals surface area contributed by atoms with Crippen LogP contribution in [0.25, 0.3) is 0 Å². The summed E-state index contributed by atoms with van der Waals surface area (Å²) in [4.78, 5) is 4.40. The summed E-state index contributed by atoms with van der Waals surface area (Å²) in [6, 6.07) is 0. The van der Waals surface area contributed by atoms with Gasteiger partial charge in [-0.3, -0.25) is 0 Å². The van der Waals surface area contributed by atoms with Crippen molar-refractivity contribution < 1.29 is 9.57 Å². The number of ether oxygens (including phenoxy) is 1. The van der Waals surface area contributed by atoms with Crippen LogP contribution in [0.5, 0.6) is 0 Å². The van der Waals surface area contributed by atoms with Crippen molar-refractivity contribution in [3.63, 3.8) is 0 Å². The Morgan fingerprint density at radius 1 is 1.71 bits per heavy atom. The fraction of sp³-hybridized carbons (Fsp3) is 0.250. The third kappa shape index (κ3) is 1.26. The normalized spacial score (nSPS) is 17.1. The second kappa shape index (κ2) is 2.23. The molecule has 1 heterocycles. The monoisotopic (exact) mass is 98.0 g/mol. The van der Waals surface area contributed by atoms with Gasteiger partial charge in [0.2, 0.25) is 6.40 Å². The lowest BCUT2D eigenvalue weighted by molar-refractivity contribution is 0.263. The van der Waals surface area contributed by atoms with Crippen molar-refractivity contribution >= 4 is 6.40 Å². The van der Waals surface area contributed by atoms with E-state index < -0.39 is 0 Å². The molecule has 0 aromatic carbocycles. The lowest BCUT2D eigenvalue weighted by Crippen LogP contribution is -1.83. The van der Waals surface area contributed by atoms with Crippen LogP contribution in [0.15, 0.2) is 11.4 Å². The molecule has 0 saturated heterocycles. The Morgan fingerprint density at radius 3 is 3.71 bits per heavy atom. The Bertz CT molecular complexity index is 85.9. The zero-order valence-electron chi connectivity index (χ0n) is 3.63. The van der Waals surface area contributed by atoms with Crippen molar-refractivity contribution in [1.29, 1.82) is 0 Å². The van der Waals surface area contributed by atoms with Crippen molar-refractivity contribution in [2.45, 2.75) is 0 Å². The van der Waals surface area contributed by atoms with E-state index in [-0.39, 0.29) is 0 Å². The molecule has 0 aromatic rings. The van der Waals surface area contributed by atoms with Crippen LogP contribution in [0.2, 0.25) is 0 Å². The maximum absolute atomic E-state index is 4.64. The van der Waals surface area contributed by atoms with E-state index in [1.807, 2.05) is 0 Å². The average Bonchev–Trinajstić information content (AvgIpc) is 1.90. The van der Waals surface area contributed by atoms with Gasteiger partial charge >= 0.3 is 0 Å². The molecule has 0 amide bonds. The van der Waals surface area contributed by atoms with Gasteiger partial charge in [-0.1, -0.05) is 0 Å². The van der Waals surface area contributed by atoms with Crippen LogP contribution >= 0.6 is 0 Å². The molecule has 0 aromatic heterocycles. The van der Waals surface area contributed by atoms with E-state index in [9.17, 15) is 0 Å². The van der Waals surface area contributed by atoms with E-state index in [4.69, 9.17) is 0 Å². The van der Waals surface area contributed by atoms with Crippen molar-refractivity contribution in [2.75, 3.05) is 6.61 Å². The molecule has 0 unspecified atom stereocenters. The third-order valence-corrected chi connectivity index (χ3v) is 0.481. The maximum Gasteiger partial charge on any atom is 0.213 e. The van der Waals surface area contributed by atoms with E-state index >= 15 is 0 Å². The number of hydrogen-bond donors (Lipinski definition) is 0. The molecular formula is C4H4NO2. The highest BCUT2D eigenvalue weighted by molar-refractivity contribution is 5.45. The van der Waals surface area contributed by atoms with E-state index in [2.05, 4.69) is 20.8 Å². The Hall–Kier alpha value is -0.990. The summed E-state index contributed by atoms with van der Waals surface area (Å²) in [7, 11) is 0. The molecule has 0 atom stereocenters. The molecule has 0 fully saturated rings. The first-order chi connectivity index (χ1) is 3.50. The molecule has 0 N–H and O–H groups in total. The molecule has 1 radical (unpaired) electrons. The van der Waals surface area contributed by atoms with Gasteiger partial charge < -0.3 is 9.57 Å². The van der Waals surface area contributed by atoms with Crippen molar-refractivity contribution in [3.8, 4) is 0 Å². The fourth-order valence-electron chi connectivity index (χ4n) is 0.242. The molecule has 0 saturated carbocycles. The second-order valence-electron chi connectivity index (χ2n) is 0.949. The standard InChI is InChI=1S/C4H4NO2/c1-2-6-4-5-7-3-1/h3-4H,2H2. The number of oxime groups is 1. The largest absolute Gasteiger partial charge is 0.476 e. The number of hydrogen-bond acceptors (Lipinski definition) is 3. The molecule has 1 aliphatic heterocycles. The summed E-state index contributed by atoms with van der Waals surface area (Å²) in [6.07, 6.45) is 5.24. The molecule has 7 heavy (non-hydrogen) atoms. The quantitative estimate of drug-likeness (QED) is 0.436. The zero-order chi connectivity index (χ0) is 4.95. The van der Waals surface area contributed by atoms with Crippen molar-refractivity contribution in [3.05, 3.63) is 12.3 Å². The minimum absolute atomic E-state index is 0.420. The first-order valence-corrected chi connectivity index (χ1v) is 1.84. The molecule has 3 nitrogen and oxygen atoms in total. The Balaban J connectivity index is 2.38. The molecule has 1 rings (SSSR count). The lowest BCUT2D eigenvalue weighted by Gasteiger charge is -1.82. The second-order valence-corrected chi connectivity index (χ2v) is 0.949. The van der Waals surface area contributed by atoms with Crippen LogP contribution in [0.4, 0.5) is 0 Å². The molecule has 3 heteroatoms. The van der Waals surface area contributed by atoms with Crippen LogP contribution in [0.3, 0.4) is 0 Å². The van der Waals surface area contributed by atoms with E-state index in [1.54, 1.807) is 0 Å². The predicted molar refractivity (Wildman–Crippen MR) is 23.3 cm³/mol. The van der Waals surface area contributed by atoms with Gasteiger partial charge in [0.15, 0.2) is 0 Å². The van der Waals surface area contributed by atoms with E-state index in [0.29, 0.717) is 6.61 Å². The number of nitrogens with zero attached hydrogens (tertiary/aromatic N) is 1. The van der Waals surface area contributed by atoms with Gasteiger partial charge in [-0.25, -0.2) is 0 Å². The van der Waals surface area contributed by atoms with Gasteiger partial charge in [0.05, 0.1) is 0 Å². The SMILES string of the molecule is [C]1=CON=COC1. The minimum Gasteiger partial charge on any atom is -0.476 e. The third-order valence-electron chi connectivity index (χ3n) is 0.481. The lowest BCUT2D eigenvalue weighted by atomic mass is 10.7. The van der Waals surface area contributed by atoms with Gasteiger partial charge in [-0.15, -0.1) is 0 Å². The first-order valence-electron chi connectivity index (χ1n) is 1.84. The summed E-state index contributed by atoms with van der Waals surface area (Å²) in [6.45, 7) is 0.420. The highest BCUT2D eigenvalue weighted by Crippen LogP contribution is 1.82. The highest BCUT2D eigenvalue weighted by Gasteiger charge is 1.80. The van der Waals surface area contributed by atoms with Crippen molar-refractivity contribution in [1.82, 2.24) is 0 Å². The zero-order valence-corrected chi connectivity index (χ0v) is 3.63. The Labute approximate surface area is 41.2 Å². The molecule has 0 aliphatic carbocycles. The summed E-state index contributed by atoms with van der Waals surface area (Å²) in [5, 5.41) is 3.31. The van der Waals surface area contributed by atoms with Gasteiger partial charge in [-0.05, 0) is 5.16 Å². The highest BCUT2D eigenvalue weighted by atomic mass is 16.6. The fourth-order valence-corrected chi connectivity index (χ4v) is 0.242. The van der Waals surface area contributed by atoms with Crippen LogP contribution < -0.4 is 0 Å². The summed E-state index contributed by atoms with van der Waals surface area (Å²) >= 11 is 0. The van der Waals surface area contributed by atoms with Crippen LogP contribution in [-0.2, 0) is 9.57 Å². The predicted octanol–water partition coefficient (Wildman–Crippen LogP) is 0.293. The van der Waals surface area contributed by atoms with Gasteiger partial charge in [0.1, 0.15) is 12.9 Å². The van der Waals surface area contributed by atoms with E-state index in [1.165, 1.54) is 12.7 Å².